The van der Waals surface area contributed by atoms with Crippen molar-refractivity contribution < 1.29 is 0 Å². The Morgan fingerprint density at radius 1 is 1.04 bits per heavy atom. The third kappa shape index (κ3) is 2.98. The van der Waals surface area contributed by atoms with Gasteiger partial charge < -0.3 is 4.90 Å². The molecule has 0 amide bonds. The van der Waals surface area contributed by atoms with Crippen molar-refractivity contribution >= 4 is 22.9 Å². The van der Waals surface area contributed by atoms with E-state index < -0.39 is 0 Å². The SMILES string of the molecule is ClCc1ccc(-c2ccc(-c3cn([C@H]4CN5CCC4CC5)nn3)s2)cc1. The average molecular weight is 385 g/mol. The van der Waals surface area contributed by atoms with Gasteiger partial charge >= 0.3 is 0 Å². The average Bonchev–Trinajstić information content (AvgIpc) is 3.38. The molecule has 134 valence electrons. The van der Waals surface area contributed by atoms with Crippen molar-refractivity contribution in [1.29, 1.82) is 0 Å². The van der Waals surface area contributed by atoms with Crippen LogP contribution in [-0.4, -0.2) is 39.5 Å². The first-order valence-corrected chi connectivity index (χ1v) is 10.5. The van der Waals surface area contributed by atoms with Crippen LogP contribution in [0.15, 0.2) is 42.6 Å². The minimum atomic E-state index is 0.487. The van der Waals surface area contributed by atoms with E-state index in [-0.39, 0.29) is 0 Å². The van der Waals surface area contributed by atoms with Gasteiger partial charge in [0, 0.05) is 17.3 Å². The largest absolute Gasteiger partial charge is 0.301 e. The van der Waals surface area contributed by atoms with Crippen LogP contribution < -0.4 is 0 Å². The van der Waals surface area contributed by atoms with Gasteiger partial charge in [0.1, 0.15) is 5.69 Å². The van der Waals surface area contributed by atoms with Crippen LogP contribution in [0.1, 0.15) is 24.4 Å². The molecule has 2 bridgehead atoms. The Hall–Kier alpha value is -1.69. The Morgan fingerprint density at radius 3 is 2.50 bits per heavy atom. The fourth-order valence-corrected chi connectivity index (χ4v) is 5.31. The van der Waals surface area contributed by atoms with Crippen LogP contribution in [0.5, 0.6) is 0 Å². The van der Waals surface area contributed by atoms with Gasteiger partial charge in [-0.1, -0.05) is 29.5 Å². The quantitative estimate of drug-likeness (QED) is 0.612. The number of alkyl halides is 1. The lowest BCUT2D eigenvalue weighted by molar-refractivity contribution is 0.0504. The molecule has 1 atom stereocenters. The number of hydrogen-bond acceptors (Lipinski definition) is 4. The highest BCUT2D eigenvalue weighted by molar-refractivity contribution is 7.18. The van der Waals surface area contributed by atoms with Gasteiger partial charge in [0.2, 0.25) is 0 Å². The Labute approximate surface area is 162 Å². The van der Waals surface area contributed by atoms with Gasteiger partial charge in [-0.25, -0.2) is 4.68 Å². The molecule has 2 aromatic heterocycles. The zero-order valence-electron chi connectivity index (χ0n) is 14.5. The second-order valence-electron chi connectivity index (χ2n) is 7.28. The van der Waals surface area contributed by atoms with E-state index >= 15 is 0 Å². The first kappa shape index (κ1) is 16.5. The van der Waals surface area contributed by atoms with Crippen LogP contribution in [0.25, 0.3) is 21.0 Å². The van der Waals surface area contributed by atoms with Gasteiger partial charge in [-0.05, 0) is 55.1 Å². The van der Waals surface area contributed by atoms with E-state index in [1.807, 2.05) is 0 Å². The third-order valence-electron chi connectivity index (χ3n) is 5.72. The second-order valence-corrected chi connectivity index (χ2v) is 8.63. The molecule has 0 spiro atoms. The first-order valence-electron chi connectivity index (χ1n) is 9.20. The molecular weight excluding hydrogens is 364 g/mol. The number of aromatic nitrogens is 3. The van der Waals surface area contributed by atoms with E-state index in [9.17, 15) is 0 Å². The van der Waals surface area contributed by atoms with E-state index in [0.717, 1.165) is 23.7 Å². The van der Waals surface area contributed by atoms with Crippen LogP contribution in [0.3, 0.4) is 0 Å². The topological polar surface area (TPSA) is 34.0 Å². The molecule has 6 rings (SSSR count). The fraction of sp³-hybridized carbons (Fsp3) is 0.400. The highest BCUT2D eigenvalue weighted by Gasteiger charge is 2.35. The standard InChI is InChI=1S/C20H21ClN4S/c21-11-14-1-3-16(4-2-14)19-5-6-20(26-19)17-12-25(23-22-17)18-13-24-9-7-15(18)8-10-24/h1-6,12,15,18H,7-11,13H2/t18-/m0/s1. The molecule has 6 heteroatoms. The summed E-state index contributed by atoms with van der Waals surface area (Å²) >= 11 is 7.65. The monoisotopic (exact) mass is 384 g/mol. The number of thiophene rings is 1. The van der Waals surface area contributed by atoms with Crippen molar-refractivity contribution in [3.63, 3.8) is 0 Å². The van der Waals surface area contributed by atoms with Crippen molar-refractivity contribution in [2.24, 2.45) is 5.92 Å². The van der Waals surface area contributed by atoms with E-state index in [2.05, 4.69) is 62.5 Å². The summed E-state index contributed by atoms with van der Waals surface area (Å²) in [5.41, 5.74) is 3.35. The number of piperidine rings is 3. The van der Waals surface area contributed by atoms with Crippen molar-refractivity contribution in [1.82, 2.24) is 19.9 Å². The minimum absolute atomic E-state index is 0.487. The van der Waals surface area contributed by atoms with Gasteiger partial charge in [-0.2, -0.15) is 0 Å². The van der Waals surface area contributed by atoms with E-state index in [1.54, 1.807) is 11.3 Å². The third-order valence-corrected chi connectivity index (χ3v) is 7.19. The number of halogens is 1. The number of benzene rings is 1. The molecule has 26 heavy (non-hydrogen) atoms. The van der Waals surface area contributed by atoms with Crippen LogP contribution in [0.4, 0.5) is 0 Å². The van der Waals surface area contributed by atoms with E-state index in [0.29, 0.717) is 11.9 Å². The van der Waals surface area contributed by atoms with Gasteiger partial charge in [0.05, 0.1) is 17.1 Å². The summed E-state index contributed by atoms with van der Waals surface area (Å²) in [6.07, 6.45) is 4.72. The summed E-state index contributed by atoms with van der Waals surface area (Å²) in [6, 6.07) is 13.3. The molecule has 3 aliphatic heterocycles. The number of nitrogens with zero attached hydrogens (tertiary/aromatic N) is 4. The molecule has 3 aliphatic rings. The van der Waals surface area contributed by atoms with Crippen LogP contribution >= 0.6 is 22.9 Å². The molecule has 0 radical (unpaired) electrons. The molecule has 3 saturated heterocycles. The van der Waals surface area contributed by atoms with Gasteiger partial charge in [-0.15, -0.1) is 28.0 Å². The van der Waals surface area contributed by atoms with Crippen molar-refractivity contribution in [3.05, 3.63) is 48.2 Å². The molecule has 0 saturated carbocycles. The molecule has 4 nitrogen and oxygen atoms in total. The predicted octanol–water partition coefficient (Wildman–Crippen LogP) is 4.68. The minimum Gasteiger partial charge on any atom is -0.301 e. The molecule has 5 heterocycles. The maximum atomic E-state index is 5.88. The molecule has 3 aromatic rings. The van der Waals surface area contributed by atoms with Crippen molar-refractivity contribution in [2.75, 3.05) is 19.6 Å². The smallest absolute Gasteiger partial charge is 0.123 e. The van der Waals surface area contributed by atoms with Crippen molar-refractivity contribution in [3.8, 4) is 21.0 Å². The molecular formula is C20H21ClN4S. The van der Waals surface area contributed by atoms with Gasteiger partial charge in [-0.3, -0.25) is 0 Å². The lowest BCUT2D eigenvalue weighted by Crippen LogP contribution is -2.48. The zero-order chi connectivity index (χ0) is 17.5. The van der Waals surface area contributed by atoms with Gasteiger partial charge in [0.15, 0.2) is 0 Å². The van der Waals surface area contributed by atoms with Crippen molar-refractivity contribution in [2.45, 2.75) is 24.8 Å². The Morgan fingerprint density at radius 2 is 1.81 bits per heavy atom. The first-order chi connectivity index (χ1) is 12.8. The summed E-state index contributed by atoms with van der Waals surface area (Å²) in [5.74, 6) is 1.31. The van der Waals surface area contributed by atoms with Crippen LogP contribution in [0, 0.1) is 5.92 Å². The molecule has 3 fully saturated rings. The molecule has 0 aliphatic carbocycles. The summed E-state index contributed by atoms with van der Waals surface area (Å²) in [5, 5.41) is 8.94. The lowest BCUT2D eigenvalue weighted by atomic mass is 9.84. The molecule has 0 unspecified atom stereocenters. The Kier molecular flexibility index (Phi) is 4.31. The number of fused-ring (bicyclic) bond motifs is 3. The lowest BCUT2D eigenvalue weighted by Gasteiger charge is -2.44. The fourth-order valence-electron chi connectivity index (χ4n) is 4.17. The number of hydrogen-bond donors (Lipinski definition) is 0. The highest BCUT2D eigenvalue weighted by Crippen LogP contribution is 2.37. The highest BCUT2D eigenvalue weighted by atomic mass is 35.5. The zero-order valence-corrected chi connectivity index (χ0v) is 16.1. The maximum Gasteiger partial charge on any atom is 0.123 e. The maximum absolute atomic E-state index is 5.88. The van der Waals surface area contributed by atoms with E-state index in [1.165, 1.54) is 41.2 Å². The summed E-state index contributed by atoms with van der Waals surface area (Å²) < 4.78 is 2.11. The van der Waals surface area contributed by atoms with Crippen LogP contribution in [-0.2, 0) is 5.88 Å². The van der Waals surface area contributed by atoms with Gasteiger partial charge in [0.25, 0.3) is 0 Å². The normalized spacial score (nSPS) is 24.9. The summed E-state index contributed by atoms with van der Waals surface area (Å²) in [6.45, 7) is 3.62. The number of rotatable bonds is 4. The summed E-state index contributed by atoms with van der Waals surface area (Å²) in [4.78, 5) is 4.98. The predicted molar refractivity (Wildman–Crippen MR) is 107 cm³/mol. The second kappa shape index (κ2) is 6.80. The Bertz CT molecular complexity index is 893. The van der Waals surface area contributed by atoms with E-state index in [4.69, 9.17) is 11.6 Å². The molecule has 0 N–H and O–H groups in total. The summed E-state index contributed by atoms with van der Waals surface area (Å²) in [7, 11) is 0. The van der Waals surface area contributed by atoms with Crippen LogP contribution in [0.2, 0.25) is 0 Å². The Balaban J connectivity index is 1.37. The molecule has 1 aromatic carbocycles.